The predicted octanol–water partition coefficient (Wildman–Crippen LogP) is 4.28. The van der Waals surface area contributed by atoms with Crippen molar-refractivity contribution < 1.29 is 14.0 Å². The molecule has 0 saturated heterocycles. The van der Waals surface area contributed by atoms with Crippen molar-refractivity contribution in [2.75, 3.05) is 39.5 Å². The molecule has 0 aliphatic carbocycles. The molecular weight excluding hydrogens is 518 g/mol. The van der Waals surface area contributed by atoms with Gasteiger partial charge in [-0.2, -0.15) is 0 Å². The van der Waals surface area contributed by atoms with Gasteiger partial charge in [0.15, 0.2) is 5.58 Å². The van der Waals surface area contributed by atoms with Crippen molar-refractivity contribution in [2.24, 2.45) is 12.0 Å². The molecule has 0 fully saturated rings. The number of aliphatic imine (C=N–C) groups is 1. The Morgan fingerprint density at radius 2 is 1.72 bits per heavy atom. The van der Waals surface area contributed by atoms with Crippen LogP contribution in [0.2, 0.25) is 5.02 Å². The third-order valence-electron chi connectivity index (χ3n) is 6.80. The Bertz CT molecular complexity index is 1670. The molecular formula is C29H28ClN5O4. The SMILES string of the molecule is CN(C)CCN(C)C(=O)c1ccc(N=C(c2ccc3c(c2)oc(=O)n3C)C2C(=O)Nc3cc(Cl)ccc32)cc1. The van der Waals surface area contributed by atoms with Gasteiger partial charge in [-0.1, -0.05) is 23.7 Å². The van der Waals surface area contributed by atoms with E-state index < -0.39 is 11.7 Å². The highest BCUT2D eigenvalue weighted by molar-refractivity contribution is 6.31. The number of carbonyl (C=O) groups excluding carboxylic acids is 2. The Labute approximate surface area is 230 Å². The minimum absolute atomic E-state index is 0.0851. The number of fused-ring (bicyclic) bond motifs is 2. The summed E-state index contributed by atoms with van der Waals surface area (Å²) >= 11 is 6.17. The van der Waals surface area contributed by atoms with Crippen molar-refractivity contribution in [3.05, 3.63) is 92.9 Å². The Morgan fingerprint density at radius 3 is 2.44 bits per heavy atom. The summed E-state index contributed by atoms with van der Waals surface area (Å²) in [5, 5.41) is 3.41. The van der Waals surface area contributed by atoms with Crippen LogP contribution >= 0.6 is 11.6 Å². The van der Waals surface area contributed by atoms with E-state index in [1.807, 2.05) is 31.1 Å². The van der Waals surface area contributed by atoms with Crippen LogP contribution in [0.1, 0.15) is 27.4 Å². The first-order valence-corrected chi connectivity index (χ1v) is 12.8. The van der Waals surface area contributed by atoms with Gasteiger partial charge in [0, 0.05) is 49.0 Å². The lowest BCUT2D eigenvalue weighted by atomic mass is 9.90. The molecule has 5 rings (SSSR count). The zero-order valence-corrected chi connectivity index (χ0v) is 22.8. The van der Waals surface area contributed by atoms with Crippen LogP contribution in [0.15, 0.2) is 74.9 Å². The second-order valence-corrected chi connectivity index (χ2v) is 10.3. The first kappa shape index (κ1) is 26.4. The van der Waals surface area contributed by atoms with Crippen molar-refractivity contribution in [3.8, 4) is 0 Å². The summed E-state index contributed by atoms with van der Waals surface area (Å²) in [6, 6.07) is 17.5. The standard InChI is InChI=1S/C29H28ClN5O4/c1-33(2)13-14-34(3)28(37)17-5-9-20(10-6-17)31-26(18-7-12-23-24(15-18)39-29(38)35(23)4)25-21-11-8-19(30)16-22(21)32-27(25)36/h5-12,15-16,25H,13-14H2,1-4H3,(H,32,36). The number of amides is 2. The van der Waals surface area contributed by atoms with Gasteiger partial charge in [0.2, 0.25) is 5.91 Å². The lowest BCUT2D eigenvalue weighted by Crippen LogP contribution is -2.33. The number of nitrogens with zero attached hydrogens (tertiary/aromatic N) is 4. The van der Waals surface area contributed by atoms with E-state index >= 15 is 0 Å². The van der Waals surface area contributed by atoms with E-state index in [1.54, 1.807) is 67.5 Å². The number of hydrogen-bond donors (Lipinski definition) is 1. The van der Waals surface area contributed by atoms with Gasteiger partial charge >= 0.3 is 5.76 Å². The topological polar surface area (TPSA) is 100 Å². The van der Waals surface area contributed by atoms with E-state index in [9.17, 15) is 14.4 Å². The second-order valence-electron chi connectivity index (χ2n) is 9.84. The number of nitrogens with one attached hydrogen (secondary N) is 1. The molecule has 1 unspecified atom stereocenters. The van der Waals surface area contributed by atoms with Crippen LogP contribution in [0, 0.1) is 0 Å². The van der Waals surface area contributed by atoms with E-state index in [1.165, 1.54) is 4.57 Å². The average molecular weight is 546 g/mol. The monoisotopic (exact) mass is 545 g/mol. The van der Waals surface area contributed by atoms with Gasteiger partial charge in [-0.05, 0) is 68.2 Å². The highest BCUT2D eigenvalue weighted by Gasteiger charge is 2.36. The van der Waals surface area contributed by atoms with Crippen LogP contribution in [0.4, 0.5) is 11.4 Å². The van der Waals surface area contributed by atoms with Crippen LogP contribution < -0.4 is 11.1 Å². The van der Waals surface area contributed by atoms with Crippen molar-refractivity contribution in [1.29, 1.82) is 0 Å². The van der Waals surface area contributed by atoms with Crippen LogP contribution in [0.25, 0.3) is 11.1 Å². The van der Waals surface area contributed by atoms with Crippen LogP contribution in [0.5, 0.6) is 0 Å². The van der Waals surface area contributed by atoms with E-state index in [0.717, 1.165) is 12.1 Å². The number of rotatable bonds is 7. The third-order valence-corrected chi connectivity index (χ3v) is 7.04. The van der Waals surface area contributed by atoms with E-state index in [0.29, 0.717) is 50.9 Å². The molecule has 1 aliphatic rings. The molecule has 0 bridgehead atoms. The van der Waals surface area contributed by atoms with E-state index in [2.05, 4.69) is 5.32 Å². The first-order valence-electron chi connectivity index (χ1n) is 12.4. The Hall–Kier alpha value is -4.21. The molecule has 2 heterocycles. The zero-order chi connectivity index (χ0) is 27.8. The number of aromatic nitrogens is 1. The molecule has 1 aliphatic heterocycles. The number of aryl methyl sites for hydroxylation is 1. The quantitative estimate of drug-likeness (QED) is 0.349. The van der Waals surface area contributed by atoms with Gasteiger partial charge < -0.3 is 19.5 Å². The fourth-order valence-corrected chi connectivity index (χ4v) is 4.76. The van der Waals surface area contributed by atoms with E-state index in [4.69, 9.17) is 21.0 Å². The molecule has 1 N–H and O–H groups in total. The van der Waals surface area contributed by atoms with Gasteiger partial charge in [-0.15, -0.1) is 0 Å². The van der Waals surface area contributed by atoms with Gasteiger partial charge in [0.1, 0.15) is 5.92 Å². The maximum Gasteiger partial charge on any atom is 0.419 e. The molecule has 1 aromatic heterocycles. The summed E-state index contributed by atoms with van der Waals surface area (Å²) in [6.07, 6.45) is 0. The molecule has 10 heteroatoms. The van der Waals surface area contributed by atoms with Gasteiger partial charge in [-0.3, -0.25) is 19.1 Å². The highest BCUT2D eigenvalue weighted by atomic mass is 35.5. The summed E-state index contributed by atoms with van der Waals surface area (Å²) in [6.45, 7) is 1.37. The third kappa shape index (κ3) is 5.23. The minimum Gasteiger partial charge on any atom is -0.408 e. The van der Waals surface area contributed by atoms with E-state index in [-0.39, 0.29) is 11.8 Å². The maximum absolute atomic E-state index is 13.2. The summed E-state index contributed by atoms with van der Waals surface area (Å²) < 4.78 is 6.82. The van der Waals surface area contributed by atoms with Crippen LogP contribution in [0.3, 0.4) is 0 Å². The molecule has 39 heavy (non-hydrogen) atoms. The predicted molar refractivity (Wildman–Crippen MR) is 152 cm³/mol. The molecule has 0 radical (unpaired) electrons. The van der Waals surface area contributed by atoms with Crippen molar-refractivity contribution in [1.82, 2.24) is 14.4 Å². The van der Waals surface area contributed by atoms with Crippen molar-refractivity contribution in [2.45, 2.75) is 5.92 Å². The number of benzene rings is 3. The smallest absolute Gasteiger partial charge is 0.408 e. The van der Waals surface area contributed by atoms with Crippen LogP contribution in [-0.2, 0) is 11.8 Å². The molecule has 0 spiro atoms. The minimum atomic E-state index is -0.719. The average Bonchev–Trinajstić information content (AvgIpc) is 3.39. The fourth-order valence-electron chi connectivity index (χ4n) is 4.58. The second kappa shape index (κ2) is 10.5. The fraction of sp³-hybridized carbons (Fsp3) is 0.241. The molecule has 1 atom stereocenters. The van der Waals surface area contributed by atoms with Crippen LogP contribution in [-0.4, -0.2) is 66.1 Å². The Kier molecular flexibility index (Phi) is 7.12. The summed E-state index contributed by atoms with van der Waals surface area (Å²) in [4.78, 5) is 46.7. The molecule has 4 aromatic rings. The molecule has 200 valence electrons. The zero-order valence-electron chi connectivity index (χ0n) is 22.1. The van der Waals surface area contributed by atoms with Crippen molar-refractivity contribution >= 4 is 51.6 Å². The number of oxazole rings is 1. The molecule has 3 aromatic carbocycles. The molecule has 9 nitrogen and oxygen atoms in total. The largest absolute Gasteiger partial charge is 0.419 e. The highest BCUT2D eigenvalue weighted by Crippen LogP contribution is 2.38. The van der Waals surface area contributed by atoms with Gasteiger partial charge in [-0.25, -0.2) is 4.79 Å². The Morgan fingerprint density at radius 1 is 1.00 bits per heavy atom. The normalized spacial score (nSPS) is 15.1. The summed E-state index contributed by atoms with van der Waals surface area (Å²) in [7, 11) is 7.33. The number of likely N-dealkylation sites (N-methyl/N-ethyl adjacent to an activating group) is 2. The number of hydrogen-bond acceptors (Lipinski definition) is 6. The maximum atomic E-state index is 13.2. The number of carbonyl (C=O) groups is 2. The molecule has 2 amide bonds. The van der Waals surface area contributed by atoms with Gasteiger partial charge in [0.25, 0.3) is 5.91 Å². The number of halogens is 1. The Balaban J connectivity index is 1.56. The lowest BCUT2D eigenvalue weighted by molar-refractivity contribution is -0.115. The summed E-state index contributed by atoms with van der Waals surface area (Å²) in [5.41, 5.74) is 4.61. The number of anilines is 1. The molecule has 0 saturated carbocycles. The lowest BCUT2D eigenvalue weighted by Gasteiger charge is -2.19. The van der Waals surface area contributed by atoms with Gasteiger partial charge in [0.05, 0.1) is 16.9 Å². The van der Waals surface area contributed by atoms with Crippen molar-refractivity contribution in [3.63, 3.8) is 0 Å². The summed E-state index contributed by atoms with van der Waals surface area (Å²) in [5.74, 6) is -1.52. The first-order chi connectivity index (χ1) is 18.6.